The molecule has 0 aliphatic carbocycles. The average molecular weight is 283 g/mol. The van der Waals surface area contributed by atoms with Crippen molar-refractivity contribution in [2.75, 3.05) is 19.7 Å². The highest BCUT2D eigenvalue weighted by Gasteiger charge is 2.15. The molecule has 0 radical (unpaired) electrons. The van der Waals surface area contributed by atoms with Crippen LogP contribution < -0.4 is 4.74 Å². The summed E-state index contributed by atoms with van der Waals surface area (Å²) in [6.07, 6.45) is 3.36. The van der Waals surface area contributed by atoms with Crippen molar-refractivity contribution >= 4 is 0 Å². The van der Waals surface area contributed by atoms with Gasteiger partial charge in [0.2, 0.25) is 5.88 Å². The van der Waals surface area contributed by atoms with Gasteiger partial charge in [0.1, 0.15) is 0 Å². The Morgan fingerprint density at radius 1 is 1.45 bits per heavy atom. The average Bonchev–Trinajstić information content (AvgIpc) is 2.85. The van der Waals surface area contributed by atoms with Crippen molar-refractivity contribution in [3.8, 4) is 5.88 Å². The molecule has 0 saturated carbocycles. The summed E-state index contributed by atoms with van der Waals surface area (Å²) < 4.78 is 29.2. The van der Waals surface area contributed by atoms with E-state index in [2.05, 4.69) is 34.2 Å². The van der Waals surface area contributed by atoms with Crippen LogP contribution >= 0.6 is 0 Å². The summed E-state index contributed by atoms with van der Waals surface area (Å²) in [6, 6.07) is 1.93. The molecule has 0 amide bonds. The number of hydrazine groups is 1. The van der Waals surface area contributed by atoms with Crippen LogP contribution in [0.2, 0.25) is 0 Å². The Bertz CT molecular complexity index is 479. The molecule has 20 heavy (non-hydrogen) atoms. The maximum absolute atomic E-state index is 12.1. The van der Waals surface area contributed by atoms with Crippen LogP contribution in [-0.4, -0.2) is 41.1 Å². The smallest absolute Gasteiger partial charge is 0.272 e. The Hall–Kier alpha value is -1.69. The lowest BCUT2D eigenvalue weighted by Gasteiger charge is -2.27. The van der Waals surface area contributed by atoms with Crippen LogP contribution in [0.3, 0.4) is 0 Å². The van der Waals surface area contributed by atoms with Crippen LogP contribution in [0.15, 0.2) is 24.5 Å². The quantitative estimate of drug-likeness (QED) is 0.802. The summed E-state index contributed by atoms with van der Waals surface area (Å²) in [6.45, 7) is 5.82. The fourth-order valence-corrected chi connectivity index (χ4v) is 2.16. The van der Waals surface area contributed by atoms with Gasteiger partial charge in [-0.25, -0.2) is 18.8 Å². The lowest BCUT2D eigenvalue weighted by atomic mass is 10.2. The van der Waals surface area contributed by atoms with Gasteiger partial charge in [-0.3, -0.25) is 0 Å². The molecule has 0 spiro atoms. The van der Waals surface area contributed by atoms with Crippen molar-refractivity contribution < 1.29 is 13.5 Å². The third-order valence-corrected chi connectivity index (χ3v) is 3.08. The minimum absolute atomic E-state index is 0.279. The zero-order valence-corrected chi connectivity index (χ0v) is 11.7. The Morgan fingerprint density at radius 2 is 2.25 bits per heavy atom. The first-order valence-corrected chi connectivity index (χ1v) is 6.64. The Labute approximate surface area is 117 Å². The number of hydrogen-bond acceptors (Lipinski definition) is 4. The lowest BCUT2D eigenvalue weighted by Crippen LogP contribution is -2.34. The number of aryl methyl sites for hydroxylation is 1. The maximum Gasteiger partial charge on any atom is 0.272 e. The minimum atomic E-state index is -2.48. The van der Waals surface area contributed by atoms with Gasteiger partial charge in [0.05, 0.1) is 0 Å². The molecule has 0 fully saturated rings. The number of halogens is 2. The summed E-state index contributed by atoms with van der Waals surface area (Å²) in [5.41, 5.74) is 1.81. The van der Waals surface area contributed by atoms with Crippen molar-refractivity contribution in [2.24, 2.45) is 0 Å². The first kappa shape index (κ1) is 14.7. The summed E-state index contributed by atoms with van der Waals surface area (Å²) in [7, 11) is 0. The number of pyridine rings is 1. The normalized spacial score (nSPS) is 15.3. The first-order chi connectivity index (χ1) is 9.60. The molecule has 2 heterocycles. The minimum Gasteiger partial charge on any atom is -0.471 e. The van der Waals surface area contributed by atoms with Gasteiger partial charge in [0.25, 0.3) is 6.43 Å². The second-order valence-electron chi connectivity index (χ2n) is 4.66. The van der Waals surface area contributed by atoms with Crippen LogP contribution in [0.25, 0.3) is 0 Å². The van der Waals surface area contributed by atoms with E-state index in [0.717, 1.165) is 30.8 Å². The van der Waals surface area contributed by atoms with E-state index in [1.54, 1.807) is 6.20 Å². The largest absolute Gasteiger partial charge is 0.471 e. The molecule has 0 aromatic carbocycles. The van der Waals surface area contributed by atoms with Crippen LogP contribution in [0.4, 0.5) is 8.78 Å². The van der Waals surface area contributed by atoms with Crippen molar-refractivity contribution in [1.82, 2.24) is 15.0 Å². The van der Waals surface area contributed by atoms with E-state index in [-0.39, 0.29) is 5.88 Å². The van der Waals surface area contributed by atoms with Gasteiger partial charge in [-0.15, -0.1) is 0 Å². The van der Waals surface area contributed by atoms with Gasteiger partial charge in [-0.05, 0) is 25.5 Å². The number of rotatable bonds is 6. The molecule has 110 valence electrons. The van der Waals surface area contributed by atoms with Gasteiger partial charge in [-0.1, -0.05) is 6.08 Å². The highest BCUT2D eigenvalue weighted by Crippen LogP contribution is 2.19. The Kier molecular flexibility index (Phi) is 4.89. The topological polar surface area (TPSA) is 28.6 Å². The summed E-state index contributed by atoms with van der Waals surface area (Å²) >= 11 is 0. The van der Waals surface area contributed by atoms with Gasteiger partial charge in [-0.2, -0.15) is 0 Å². The standard InChI is InChI=1S/C14H19F2N3O/c1-3-18-5-4-6-19(18)9-12-7-11(2)14(17-8-12)20-10-13(15)16/h4-5,7-8,13H,3,6,9-10H2,1-2H3. The Balaban J connectivity index is 1.98. The SMILES string of the molecule is CCN1C=CCN1Cc1cnc(OCC(F)F)c(C)c1. The third kappa shape index (κ3) is 3.66. The van der Waals surface area contributed by atoms with E-state index in [4.69, 9.17) is 4.74 Å². The predicted octanol–water partition coefficient (Wildman–Crippen LogP) is 2.60. The third-order valence-electron chi connectivity index (χ3n) is 3.08. The molecule has 1 aromatic heterocycles. The number of ether oxygens (including phenoxy) is 1. The second kappa shape index (κ2) is 6.65. The van der Waals surface area contributed by atoms with Crippen molar-refractivity contribution in [3.05, 3.63) is 35.7 Å². The van der Waals surface area contributed by atoms with Crippen LogP contribution in [0, 0.1) is 6.92 Å². The summed E-state index contributed by atoms with van der Waals surface area (Å²) in [5.74, 6) is 0.279. The van der Waals surface area contributed by atoms with Crippen molar-refractivity contribution in [3.63, 3.8) is 0 Å². The predicted molar refractivity (Wildman–Crippen MR) is 72.4 cm³/mol. The molecule has 1 aliphatic heterocycles. The molecule has 0 unspecified atom stereocenters. The first-order valence-electron chi connectivity index (χ1n) is 6.64. The molecule has 1 aromatic rings. The van der Waals surface area contributed by atoms with Crippen LogP contribution in [-0.2, 0) is 6.54 Å². The van der Waals surface area contributed by atoms with E-state index < -0.39 is 13.0 Å². The fourth-order valence-electron chi connectivity index (χ4n) is 2.16. The van der Waals surface area contributed by atoms with E-state index in [1.807, 2.05) is 13.0 Å². The molecule has 6 heteroatoms. The monoisotopic (exact) mass is 283 g/mol. The zero-order chi connectivity index (χ0) is 14.5. The molecule has 0 bridgehead atoms. The molecule has 4 nitrogen and oxygen atoms in total. The molecule has 2 rings (SSSR count). The number of nitrogens with zero attached hydrogens (tertiary/aromatic N) is 3. The Morgan fingerprint density at radius 3 is 2.90 bits per heavy atom. The fraction of sp³-hybridized carbons (Fsp3) is 0.500. The lowest BCUT2D eigenvalue weighted by molar-refractivity contribution is 0.0485. The van der Waals surface area contributed by atoms with Crippen molar-refractivity contribution in [2.45, 2.75) is 26.8 Å². The molecular weight excluding hydrogens is 264 g/mol. The van der Waals surface area contributed by atoms with Gasteiger partial charge in [0.15, 0.2) is 6.61 Å². The van der Waals surface area contributed by atoms with Gasteiger partial charge in [0, 0.05) is 37.6 Å². The molecule has 0 N–H and O–H groups in total. The van der Waals surface area contributed by atoms with Crippen LogP contribution in [0.1, 0.15) is 18.1 Å². The van der Waals surface area contributed by atoms with E-state index in [9.17, 15) is 8.78 Å². The summed E-state index contributed by atoms with van der Waals surface area (Å²) in [5, 5.41) is 4.33. The zero-order valence-electron chi connectivity index (χ0n) is 11.7. The number of alkyl halides is 2. The molecular formula is C14H19F2N3O. The van der Waals surface area contributed by atoms with E-state index in [0.29, 0.717) is 0 Å². The molecule has 0 atom stereocenters. The number of aromatic nitrogens is 1. The van der Waals surface area contributed by atoms with Gasteiger partial charge < -0.3 is 9.75 Å². The highest BCUT2D eigenvalue weighted by atomic mass is 19.3. The van der Waals surface area contributed by atoms with Crippen LogP contribution in [0.5, 0.6) is 5.88 Å². The maximum atomic E-state index is 12.1. The molecule has 1 aliphatic rings. The van der Waals surface area contributed by atoms with Crippen molar-refractivity contribution in [1.29, 1.82) is 0 Å². The summed E-state index contributed by atoms with van der Waals surface area (Å²) in [4.78, 5) is 4.12. The second-order valence-corrected chi connectivity index (χ2v) is 4.66. The highest BCUT2D eigenvalue weighted by molar-refractivity contribution is 5.28. The van der Waals surface area contributed by atoms with Gasteiger partial charge >= 0.3 is 0 Å². The molecule has 0 saturated heterocycles. The number of hydrogen-bond donors (Lipinski definition) is 0. The van der Waals surface area contributed by atoms with E-state index >= 15 is 0 Å². The van der Waals surface area contributed by atoms with E-state index in [1.165, 1.54) is 0 Å².